The number of methoxy groups -OCH3 is 1. The van der Waals surface area contributed by atoms with Crippen LogP contribution < -0.4 is 0 Å². The normalized spacial score (nSPS) is 29.1. The van der Waals surface area contributed by atoms with Crippen molar-refractivity contribution >= 4 is 5.97 Å². The van der Waals surface area contributed by atoms with E-state index in [-0.39, 0.29) is 12.0 Å². The molecular weight excluding hydrogens is 264 g/mol. The zero-order chi connectivity index (χ0) is 14.7. The lowest BCUT2D eigenvalue weighted by Gasteiger charge is -2.33. The summed E-state index contributed by atoms with van der Waals surface area (Å²) in [6, 6.07) is 4.65. The summed E-state index contributed by atoms with van der Waals surface area (Å²) in [6.45, 7) is 0.935. The number of rotatable bonds is 4. The van der Waals surface area contributed by atoms with Crippen molar-refractivity contribution in [2.45, 2.75) is 50.6 Å². The van der Waals surface area contributed by atoms with E-state index in [1.807, 2.05) is 12.4 Å². The van der Waals surface area contributed by atoms with E-state index in [1.54, 1.807) is 0 Å². The lowest BCUT2D eigenvalue weighted by atomic mass is 9.84. The smallest absolute Gasteiger partial charge is 0.323 e. The number of likely N-dealkylation sites (tertiary alicyclic amines) is 1. The molecule has 1 saturated carbocycles. The standard InChI is InChI=1S/C17H24N2O2/c1-21-17(20)16-12-14-4-2-3-5-15(14)19(16)11-8-13-6-9-18-10-7-13/h6-7,9-10,14-16H,2-5,8,11-12H2,1H3/t14-,15-,16+/m1/s1. The van der Waals surface area contributed by atoms with Gasteiger partial charge in [-0.15, -0.1) is 0 Å². The van der Waals surface area contributed by atoms with Gasteiger partial charge in [-0.3, -0.25) is 14.7 Å². The van der Waals surface area contributed by atoms with Crippen LogP contribution in [0.5, 0.6) is 0 Å². The van der Waals surface area contributed by atoms with Crippen LogP contribution in [0.4, 0.5) is 0 Å². The number of pyridine rings is 1. The van der Waals surface area contributed by atoms with Gasteiger partial charge in [-0.1, -0.05) is 12.8 Å². The second kappa shape index (κ2) is 6.56. The van der Waals surface area contributed by atoms with Gasteiger partial charge in [0.05, 0.1) is 7.11 Å². The van der Waals surface area contributed by atoms with Crippen LogP contribution in [-0.4, -0.2) is 41.6 Å². The number of aromatic nitrogens is 1. The highest BCUT2D eigenvalue weighted by Gasteiger charge is 2.45. The lowest BCUT2D eigenvalue weighted by Crippen LogP contribution is -2.43. The Morgan fingerprint density at radius 1 is 1.33 bits per heavy atom. The minimum Gasteiger partial charge on any atom is -0.468 e. The monoisotopic (exact) mass is 288 g/mol. The molecule has 114 valence electrons. The lowest BCUT2D eigenvalue weighted by molar-refractivity contribution is -0.146. The molecule has 3 rings (SSSR count). The molecule has 4 nitrogen and oxygen atoms in total. The molecule has 1 aromatic rings. The summed E-state index contributed by atoms with van der Waals surface area (Å²) in [6.07, 6.45) is 10.7. The van der Waals surface area contributed by atoms with E-state index in [1.165, 1.54) is 38.4 Å². The summed E-state index contributed by atoms with van der Waals surface area (Å²) in [4.78, 5) is 18.6. The second-order valence-corrected chi connectivity index (χ2v) is 6.23. The Kier molecular flexibility index (Phi) is 4.54. The Bertz CT molecular complexity index is 477. The summed E-state index contributed by atoms with van der Waals surface area (Å²) in [7, 11) is 1.51. The van der Waals surface area contributed by atoms with Crippen LogP contribution in [0.25, 0.3) is 0 Å². The van der Waals surface area contributed by atoms with E-state index in [2.05, 4.69) is 22.0 Å². The average Bonchev–Trinajstić information content (AvgIpc) is 2.92. The first-order valence-corrected chi connectivity index (χ1v) is 8.02. The van der Waals surface area contributed by atoms with Gasteiger partial charge < -0.3 is 4.74 Å². The largest absolute Gasteiger partial charge is 0.468 e. The van der Waals surface area contributed by atoms with Crippen LogP contribution in [0, 0.1) is 5.92 Å². The van der Waals surface area contributed by atoms with Crippen LogP contribution in [0.2, 0.25) is 0 Å². The maximum atomic E-state index is 12.1. The molecule has 2 aliphatic rings. The number of hydrogen-bond donors (Lipinski definition) is 0. The maximum Gasteiger partial charge on any atom is 0.323 e. The maximum absolute atomic E-state index is 12.1. The van der Waals surface area contributed by atoms with E-state index in [0.29, 0.717) is 12.0 Å². The van der Waals surface area contributed by atoms with Gasteiger partial charge in [0.15, 0.2) is 0 Å². The number of carbonyl (C=O) groups excluding carboxylic acids is 1. The van der Waals surface area contributed by atoms with Crippen molar-refractivity contribution in [2.24, 2.45) is 5.92 Å². The molecule has 2 heterocycles. The average molecular weight is 288 g/mol. The summed E-state index contributed by atoms with van der Waals surface area (Å²) in [5.74, 6) is 0.624. The first-order chi connectivity index (χ1) is 10.3. The van der Waals surface area contributed by atoms with E-state index < -0.39 is 0 Å². The Balaban J connectivity index is 1.70. The van der Waals surface area contributed by atoms with Crippen LogP contribution in [0.3, 0.4) is 0 Å². The first-order valence-electron chi connectivity index (χ1n) is 8.02. The van der Waals surface area contributed by atoms with Gasteiger partial charge in [-0.25, -0.2) is 0 Å². The molecule has 1 aliphatic carbocycles. The van der Waals surface area contributed by atoms with E-state index in [4.69, 9.17) is 4.74 Å². The third kappa shape index (κ3) is 3.10. The SMILES string of the molecule is COC(=O)[C@@H]1C[C@H]2CCCC[C@H]2N1CCc1ccncc1. The second-order valence-electron chi connectivity index (χ2n) is 6.23. The molecular formula is C17H24N2O2. The number of nitrogens with zero attached hydrogens (tertiary/aromatic N) is 2. The number of fused-ring (bicyclic) bond motifs is 1. The number of ether oxygens (including phenoxy) is 1. The molecule has 0 bridgehead atoms. The fraction of sp³-hybridized carbons (Fsp3) is 0.647. The van der Waals surface area contributed by atoms with E-state index in [0.717, 1.165) is 19.4 Å². The number of hydrogen-bond acceptors (Lipinski definition) is 4. The number of carbonyl (C=O) groups is 1. The van der Waals surface area contributed by atoms with Gasteiger partial charge >= 0.3 is 5.97 Å². The quantitative estimate of drug-likeness (QED) is 0.798. The van der Waals surface area contributed by atoms with Crippen LogP contribution >= 0.6 is 0 Å². The van der Waals surface area contributed by atoms with Crippen molar-refractivity contribution in [1.82, 2.24) is 9.88 Å². The van der Waals surface area contributed by atoms with Gasteiger partial charge in [0.2, 0.25) is 0 Å². The summed E-state index contributed by atoms with van der Waals surface area (Å²) >= 11 is 0. The predicted octanol–water partition coefficient (Wildman–Crippen LogP) is 2.43. The van der Waals surface area contributed by atoms with Crippen molar-refractivity contribution in [3.63, 3.8) is 0 Å². The molecule has 0 amide bonds. The van der Waals surface area contributed by atoms with Gasteiger partial charge in [0.1, 0.15) is 6.04 Å². The highest BCUT2D eigenvalue weighted by Crippen LogP contribution is 2.40. The van der Waals surface area contributed by atoms with Crippen molar-refractivity contribution in [2.75, 3.05) is 13.7 Å². The summed E-state index contributed by atoms with van der Waals surface area (Å²) in [5, 5.41) is 0. The molecule has 1 aromatic heterocycles. The Morgan fingerprint density at radius 2 is 2.10 bits per heavy atom. The molecule has 0 N–H and O–H groups in total. The molecule has 0 aromatic carbocycles. The zero-order valence-electron chi connectivity index (χ0n) is 12.7. The molecule has 4 heteroatoms. The van der Waals surface area contributed by atoms with Crippen molar-refractivity contribution in [3.8, 4) is 0 Å². The predicted molar refractivity (Wildman–Crippen MR) is 80.8 cm³/mol. The Morgan fingerprint density at radius 3 is 2.86 bits per heavy atom. The molecule has 1 aliphatic heterocycles. The minimum absolute atomic E-state index is 0.0371. The third-order valence-corrected chi connectivity index (χ3v) is 5.10. The van der Waals surface area contributed by atoms with E-state index >= 15 is 0 Å². The minimum atomic E-state index is -0.0564. The topological polar surface area (TPSA) is 42.4 Å². The molecule has 0 radical (unpaired) electrons. The number of esters is 1. The van der Waals surface area contributed by atoms with Crippen LogP contribution in [-0.2, 0) is 16.0 Å². The van der Waals surface area contributed by atoms with Crippen molar-refractivity contribution < 1.29 is 9.53 Å². The molecule has 2 fully saturated rings. The van der Waals surface area contributed by atoms with E-state index in [9.17, 15) is 4.79 Å². The molecule has 21 heavy (non-hydrogen) atoms. The fourth-order valence-electron chi connectivity index (χ4n) is 4.05. The van der Waals surface area contributed by atoms with Crippen molar-refractivity contribution in [3.05, 3.63) is 30.1 Å². The third-order valence-electron chi connectivity index (χ3n) is 5.10. The highest BCUT2D eigenvalue weighted by atomic mass is 16.5. The van der Waals surface area contributed by atoms with Gasteiger partial charge in [0.25, 0.3) is 0 Å². The molecule has 1 saturated heterocycles. The Labute approximate surface area is 126 Å². The summed E-state index contributed by atoms with van der Waals surface area (Å²) in [5.41, 5.74) is 1.29. The Hall–Kier alpha value is -1.42. The van der Waals surface area contributed by atoms with Gasteiger partial charge in [-0.2, -0.15) is 0 Å². The van der Waals surface area contributed by atoms with Gasteiger partial charge in [-0.05, 0) is 49.3 Å². The molecule has 0 spiro atoms. The van der Waals surface area contributed by atoms with Crippen molar-refractivity contribution in [1.29, 1.82) is 0 Å². The van der Waals surface area contributed by atoms with Gasteiger partial charge in [0, 0.05) is 25.0 Å². The zero-order valence-corrected chi connectivity index (χ0v) is 12.7. The first kappa shape index (κ1) is 14.5. The summed E-state index contributed by atoms with van der Waals surface area (Å²) < 4.78 is 5.03. The molecule has 0 unspecified atom stereocenters. The highest BCUT2D eigenvalue weighted by molar-refractivity contribution is 5.76. The molecule has 3 atom stereocenters. The van der Waals surface area contributed by atoms with Crippen LogP contribution in [0.1, 0.15) is 37.7 Å². The fourth-order valence-corrected chi connectivity index (χ4v) is 4.05. The van der Waals surface area contributed by atoms with Crippen LogP contribution in [0.15, 0.2) is 24.5 Å².